The summed E-state index contributed by atoms with van der Waals surface area (Å²) >= 11 is 0. The lowest BCUT2D eigenvalue weighted by Gasteiger charge is -2.36. The van der Waals surface area contributed by atoms with Gasteiger partial charge in [0.1, 0.15) is 5.82 Å². The zero-order chi connectivity index (χ0) is 23.9. The molecule has 0 bridgehead atoms. The fraction of sp³-hybridized carbons (Fsp3) is 0.259. The third-order valence-corrected chi connectivity index (χ3v) is 6.06. The van der Waals surface area contributed by atoms with E-state index in [2.05, 4.69) is 20.4 Å². The van der Waals surface area contributed by atoms with Crippen LogP contribution in [-0.2, 0) is 0 Å². The number of hydrogen-bond donors (Lipinski definition) is 2. The maximum Gasteiger partial charge on any atom is 0.255 e. The standard InChI is InChI=1S/C27H29FN4O2/c1-20-7-8-22(19-25(20)30-27(34)21-5-3-2-4-6-21)26(33)29-13-14-31-15-17-32(18-16-31)24-11-9-23(28)10-12-24/h2-12,19H,13-18H2,1H3,(H,29,33)(H,30,34). The average Bonchev–Trinajstić information content (AvgIpc) is 2.87. The van der Waals surface area contributed by atoms with Crippen LogP contribution in [0.5, 0.6) is 0 Å². The van der Waals surface area contributed by atoms with E-state index in [-0.39, 0.29) is 17.6 Å². The van der Waals surface area contributed by atoms with Gasteiger partial charge in [-0.2, -0.15) is 0 Å². The van der Waals surface area contributed by atoms with Crippen LogP contribution >= 0.6 is 0 Å². The van der Waals surface area contributed by atoms with E-state index >= 15 is 0 Å². The highest BCUT2D eigenvalue weighted by Gasteiger charge is 2.17. The Labute approximate surface area is 199 Å². The third-order valence-electron chi connectivity index (χ3n) is 6.06. The van der Waals surface area contributed by atoms with E-state index < -0.39 is 0 Å². The minimum Gasteiger partial charge on any atom is -0.369 e. The lowest BCUT2D eigenvalue weighted by atomic mass is 10.1. The Kier molecular flexibility index (Phi) is 7.54. The summed E-state index contributed by atoms with van der Waals surface area (Å²) in [6.07, 6.45) is 0. The molecule has 7 heteroatoms. The molecule has 3 aromatic carbocycles. The van der Waals surface area contributed by atoms with Crippen LogP contribution in [0, 0.1) is 12.7 Å². The van der Waals surface area contributed by atoms with Crippen LogP contribution in [0.1, 0.15) is 26.3 Å². The second-order valence-electron chi connectivity index (χ2n) is 8.41. The van der Waals surface area contributed by atoms with Crippen molar-refractivity contribution in [3.63, 3.8) is 0 Å². The van der Waals surface area contributed by atoms with Crippen molar-refractivity contribution in [3.8, 4) is 0 Å². The number of amides is 2. The Morgan fingerprint density at radius 1 is 0.853 bits per heavy atom. The number of piperazine rings is 1. The third kappa shape index (κ3) is 5.99. The topological polar surface area (TPSA) is 64.7 Å². The van der Waals surface area contributed by atoms with E-state index in [0.29, 0.717) is 23.4 Å². The molecule has 0 spiro atoms. The lowest BCUT2D eigenvalue weighted by Crippen LogP contribution is -2.48. The minimum absolute atomic E-state index is 0.167. The maximum atomic E-state index is 13.1. The van der Waals surface area contributed by atoms with Gasteiger partial charge in [-0.25, -0.2) is 4.39 Å². The van der Waals surface area contributed by atoms with Crippen LogP contribution in [0.3, 0.4) is 0 Å². The molecule has 4 rings (SSSR count). The molecule has 1 saturated heterocycles. The molecule has 0 aromatic heterocycles. The molecule has 0 atom stereocenters. The molecular weight excluding hydrogens is 431 g/mol. The summed E-state index contributed by atoms with van der Waals surface area (Å²) in [7, 11) is 0. The Morgan fingerprint density at radius 2 is 1.56 bits per heavy atom. The minimum atomic E-state index is -0.225. The molecule has 3 aromatic rings. The average molecular weight is 461 g/mol. The number of hydrogen-bond acceptors (Lipinski definition) is 4. The van der Waals surface area contributed by atoms with Crippen molar-refractivity contribution in [2.45, 2.75) is 6.92 Å². The Bertz CT molecular complexity index is 1130. The van der Waals surface area contributed by atoms with Crippen molar-refractivity contribution in [1.82, 2.24) is 10.2 Å². The van der Waals surface area contributed by atoms with Crippen molar-refractivity contribution >= 4 is 23.2 Å². The number of aryl methyl sites for hydroxylation is 1. The highest BCUT2D eigenvalue weighted by molar-refractivity contribution is 6.05. The summed E-state index contributed by atoms with van der Waals surface area (Å²) in [5.74, 6) is -0.599. The van der Waals surface area contributed by atoms with Gasteiger partial charge in [0.05, 0.1) is 0 Å². The van der Waals surface area contributed by atoms with Gasteiger partial charge in [0.15, 0.2) is 0 Å². The Morgan fingerprint density at radius 3 is 2.26 bits per heavy atom. The summed E-state index contributed by atoms with van der Waals surface area (Å²) in [5.41, 5.74) is 3.62. The summed E-state index contributed by atoms with van der Waals surface area (Å²) in [4.78, 5) is 29.7. The number of rotatable bonds is 7. The van der Waals surface area contributed by atoms with Crippen LogP contribution in [0.2, 0.25) is 0 Å². The summed E-state index contributed by atoms with van der Waals surface area (Å²) < 4.78 is 13.1. The molecule has 176 valence electrons. The fourth-order valence-electron chi connectivity index (χ4n) is 3.99. The van der Waals surface area contributed by atoms with Crippen LogP contribution in [0.25, 0.3) is 0 Å². The van der Waals surface area contributed by atoms with Crippen molar-refractivity contribution in [2.75, 3.05) is 49.5 Å². The van der Waals surface area contributed by atoms with Gasteiger partial charge in [-0.1, -0.05) is 24.3 Å². The van der Waals surface area contributed by atoms with E-state index in [9.17, 15) is 14.0 Å². The fourth-order valence-corrected chi connectivity index (χ4v) is 3.99. The number of nitrogens with zero attached hydrogens (tertiary/aromatic N) is 2. The number of nitrogens with one attached hydrogen (secondary N) is 2. The van der Waals surface area contributed by atoms with E-state index in [4.69, 9.17) is 0 Å². The first-order valence-electron chi connectivity index (χ1n) is 11.5. The molecule has 1 fully saturated rings. The molecule has 0 saturated carbocycles. The lowest BCUT2D eigenvalue weighted by molar-refractivity contribution is 0.0946. The zero-order valence-corrected chi connectivity index (χ0v) is 19.3. The second-order valence-corrected chi connectivity index (χ2v) is 8.41. The monoisotopic (exact) mass is 460 g/mol. The molecule has 6 nitrogen and oxygen atoms in total. The molecule has 2 amide bonds. The largest absolute Gasteiger partial charge is 0.369 e. The van der Waals surface area contributed by atoms with E-state index in [1.807, 2.05) is 43.3 Å². The van der Waals surface area contributed by atoms with Crippen LogP contribution < -0.4 is 15.5 Å². The van der Waals surface area contributed by atoms with Crippen LogP contribution in [0.4, 0.5) is 15.8 Å². The summed E-state index contributed by atoms with van der Waals surface area (Å²) in [6.45, 7) is 6.68. The number of carbonyl (C=O) groups is 2. The smallest absolute Gasteiger partial charge is 0.255 e. The molecule has 34 heavy (non-hydrogen) atoms. The normalized spacial score (nSPS) is 14.0. The molecule has 0 radical (unpaired) electrons. The molecule has 2 N–H and O–H groups in total. The first-order valence-corrected chi connectivity index (χ1v) is 11.5. The van der Waals surface area contributed by atoms with Gasteiger partial charge in [-0.15, -0.1) is 0 Å². The Balaban J connectivity index is 1.25. The van der Waals surface area contributed by atoms with Crippen molar-refractivity contribution in [2.24, 2.45) is 0 Å². The van der Waals surface area contributed by atoms with Gasteiger partial charge in [-0.3, -0.25) is 14.5 Å². The molecule has 1 heterocycles. The van der Waals surface area contributed by atoms with Crippen LogP contribution in [0.15, 0.2) is 72.8 Å². The first kappa shape index (κ1) is 23.4. The van der Waals surface area contributed by atoms with Gasteiger partial charge in [0.2, 0.25) is 0 Å². The van der Waals surface area contributed by atoms with Crippen molar-refractivity contribution < 1.29 is 14.0 Å². The Hall–Kier alpha value is -3.71. The zero-order valence-electron chi connectivity index (χ0n) is 19.3. The van der Waals surface area contributed by atoms with Crippen molar-refractivity contribution in [3.05, 3.63) is 95.3 Å². The highest BCUT2D eigenvalue weighted by atomic mass is 19.1. The number of benzene rings is 3. The van der Waals surface area contributed by atoms with Gasteiger partial charge in [0, 0.05) is 61.8 Å². The van der Waals surface area contributed by atoms with Gasteiger partial charge in [0.25, 0.3) is 11.8 Å². The van der Waals surface area contributed by atoms with Gasteiger partial charge < -0.3 is 15.5 Å². The number of halogens is 1. The molecule has 0 unspecified atom stereocenters. The van der Waals surface area contributed by atoms with E-state index in [1.165, 1.54) is 12.1 Å². The quantitative estimate of drug-likeness (QED) is 0.561. The molecule has 1 aliphatic heterocycles. The predicted octanol–water partition coefficient (Wildman–Crippen LogP) is 3.94. The molecule has 1 aliphatic rings. The highest BCUT2D eigenvalue weighted by Crippen LogP contribution is 2.19. The SMILES string of the molecule is Cc1ccc(C(=O)NCCN2CCN(c3ccc(F)cc3)CC2)cc1NC(=O)c1ccccc1. The molecular formula is C27H29FN4O2. The van der Waals surface area contributed by atoms with E-state index in [1.54, 1.807) is 24.3 Å². The predicted molar refractivity (Wildman–Crippen MR) is 133 cm³/mol. The first-order chi connectivity index (χ1) is 16.5. The number of carbonyl (C=O) groups excluding carboxylic acids is 2. The summed E-state index contributed by atoms with van der Waals surface area (Å²) in [5, 5.41) is 5.88. The second kappa shape index (κ2) is 10.9. The van der Waals surface area contributed by atoms with E-state index in [0.717, 1.165) is 44.0 Å². The van der Waals surface area contributed by atoms with Crippen LogP contribution in [-0.4, -0.2) is 56.0 Å². The molecule has 0 aliphatic carbocycles. The van der Waals surface area contributed by atoms with Gasteiger partial charge in [-0.05, 0) is 61.0 Å². The maximum absolute atomic E-state index is 13.1. The summed E-state index contributed by atoms with van der Waals surface area (Å²) in [6, 6.07) is 20.9. The van der Waals surface area contributed by atoms with Crippen molar-refractivity contribution in [1.29, 1.82) is 0 Å². The number of anilines is 2. The van der Waals surface area contributed by atoms with Gasteiger partial charge >= 0.3 is 0 Å².